The number of nitrogens with zero attached hydrogens (tertiary/aromatic N) is 1. The van der Waals surface area contributed by atoms with Gasteiger partial charge < -0.3 is 4.90 Å². The van der Waals surface area contributed by atoms with Crippen LogP contribution in [-0.4, -0.2) is 29.1 Å². The first-order chi connectivity index (χ1) is 7.75. The number of carbonyl (C=O) groups excluding carboxylic acids is 1. The molecule has 0 aromatic rings. The van der Waals surface area contributed by atoms with Gasteiger partial charge in [0, 0.05) is 6.54 Å². The summed E-state index contributed by atoms with van der Waals surface area (Å²) in [6, 6.07) is 0. The Morgan fingerprint density at radius 3 is 2.75 bits per heavy atom. The molecule has 3 nitrogen and oxygen atoms in total. The van der Waals surface area contributed by atoms with Crippen LogP contribution in [-0.2, 0) is 4.79 Å². The van der Waals surface area contributed by atoms with Crippen LogP contribution >= 0.6 is 0 Å². The predicted octanol–water partition coefficient (Wildman–Crippen LogP) is 1.88. The van der Waals surface area contributed by atoms with E-state index in [2.05, 4.69) is 17.1 Å². The van der Waals surface area contributed by atoms with Crippen LogP contribution in [0.1, 0.15) is 51.9 Å². The van der Waals surface area contributed by atoms with E-state index in [0.717, 1.165) is 31.7 Å². The molecule has 0 radical (unpaired) electrons. The number of amides is 1. The van der Waals surface area contributed by atoms with Gasteiger partial charge in [-0.05, 0) is 38.0 Å². The number of nitrogens with one attached hydrogen (secondary N) is 1. The van der Waals surface area contributed by atoms with E-state index in [-0.39, 0.29) is 5.54 Å². The fraction of sp³-hybridized carbons (Fsp3) is 0.923. The average molecular weight is 222 g/mol. The zero-order valence-electron chi connectivity index (χ0n) is 10.2. The second-order valence-electron chi connectivity index (χ2n) is 5.73. The Bertz CT molecular complexity index is 294. The van der Waals surface area contributed by atoms with Crippen LogP contribution in [0.15, 0.2) is 0 Å². The first-order valence-electron chi connectivity index (χ1n) is 6.84. The Labute approximate surface area is 97.6 Å². The van der Waals surface area contributed by atoms with Gasteiger partial charge in [-0.3, -0.25) is 10.1 Å². The minimum atomic E-state index is -0.111. The molecule has 1 heterocycles. The smallest absolute Gasteiger partial charge is 0.244 e. The summed E-state index contributed by atoms with van der Waals surface area (Å²) in [4.78, 5) is 14.3. The van der Waals surface area contributed by atoms with Crippen LogP contribution in [0, 0.1) is 5.92 Å². The van der Waals surface area contributed by atoms with Crippen molar-refractivity contribution in [3.63, 3.8) is 0 Å². The molecular formula is C13H22N2O. The quantitative estimate of drug-likeness (QED) is 0.770. The average Bonchev–Trinajstić information content (AvgIpc) is 3.15. The normalized spacial score (nSPS) is 31.4. The van der Waals surface area contributed by atoms with Gasteiger partial charge in [0.25, 0.3) is 0 Å². The summed E-state index contributed by atoms with van der Waals surface area (Å²) in [5.74, 6) is 1.37. The summed E-state index contributed by atoms with van der Waals surface area (Å²) in [7, 11) is 0. The first-order valence-corrected chi connectivity index (χ1v) is 6.84. The maximum atomic E-state index is 12.2. The van der Waals surface area contributed by atoms with E-state index < -0.39 is 0 Å². The molecule has 1 N–H and O–H groups in total. The van der Waals surface area contributed by atoms with Gasteiger partial charge in [-0.2, -0.15) is 0 Å². The SMILES string of the molecule is CCC1NC2(CC2)C(=O)N1CCCC1CC1. The Hall–Kier alpha value is -0.570. The van der Waals surface area contributed by atoms with Crippen LogP contribution in [0.5, 0.6) is 0 Å². The maximum Gasteiger partial charge on any atom is 0.244 e. The van der Waals surface area contributed by atoms with Crippen molar-refractivity contribution in [3.8, 4) is 0 Å². The molecule has 90 valence electrons. The van der Waals surface area contributed by atoms with Crippen molar-refractivity contribution in [1.82, 2.24) is 10.2 Å². The van der Waals surface area contributed by atoms with E-state index in [1.165, 1.54) is 25.7 Å². The monoisotopic (exact) mass is 222 g/mol. The molecule has 3 heteroatoms. The molecule has 2 aliphatic carbocycles. The van der Waals surface area contributed by atoms with Crippen LogP contribution < -0.4 is 5.32 Å². The summed E-state index contributed by atoms with van der Waals surface area (Å²) in [6.45, 7) is 3.14. The van der Waals surface area contributed by atoms with Crippen LogP contribution in [0.25, 0.3) is 0 Å². The summed E-state index contributed by atoms with van der Waals surface area (Å²) >= 11 is 0. The van der Waals surface area contributed by atoms with E-state index >= 15 is 0 Å². The molecule has 0 aromatic heterocycles. The molecule has 3 aliphatic rings. The molecule has 16 heavy (non-hydrogen) atoms. The zero-order chi connectivity index (χ0) is 11.2. The third-order valence-electron chi connectivity index (χ3n) is 4.33. The van der Waals surface area contributed by atoms with Crippen molar-refractivity contribution >= 4 is 5.91 Å². The van der Waals surface area contributed by atoms with Gasteiger partial charge in [0.1, 0.15) is 0 Å². The molecule has 1 atom stereocenters. The highest BCUT2D eigenvalue weighted by molar-refractivity contribution is 5.91. The second-order valence-corrected chi connectivity index (χ2v) is 5.73. The van der Waals surface area contributed by atoms with Crippen LogP contribution in [0.4, 0.5) is 0 Å². The van der Waals surface area contributed by atoms with E-state index in [0.29, 0.717) is 12.1 Å². The fourth-order valence-electron chi connectivity index (χ4n) is 2.89. The van der Waals surface area contributed by atoms with Crippen molar-refractivity contribution in [1.29, 1.82) is 0 Å². The van der Waals surface area contributed by atoms with Crippen molar-refractivity contribution in [2.75, 3.05) is 6.54 Å². The third kappa shape index (κ3) is 1.75. The molecule has 1 unspecified atom stereocenters. The van der Waals surface area contributed by atoms with E-state index in [9.17, 15) is 4.79 Å². The highest BCUT2D eigenvalue weighted by Gasteiger charge is 2.58. The summed E-state index contributed by atoms with van der Waals surface area (Å²) in [5, 5.41) is 3.52. The van der Waals surface area contributed by atoms with Gasteiger partial charge in [0.15, 0.2) is 0 Å². The van der Waals surface area contributed by atoms with Gasteiger partial charge in [-0.25, -0.2) is 0 Å². The molecule has 1 spiro atoms. The van der Waals surface area contributed by atoms with Crippen LogP contribution in [0.2, 0.25) is 0 Å². The topological polar surface area (TPSA) is 32.3 Å². The lowest BCUT2D eigenvalue weighted by Gasteiger charge is -2.22. The third-order valence-corrected chi connectivity index (χ3v) is 4.33. The molecule has 1 saturated heterocycles. The van der Waals surface area contributed by atoms with Gasteiger partial charge in [-0.15, -0.1) is 0 Å². The molecule has 1 amide bonds. The van der Waals surface area contributed by atoms with Gasteiger partial charge in [0.05, 0.1) is 11.7 Å². The first kappa shape index (κ1) is 10.6. The summed E-state index contributed by atoms with van der Waals surface area (Å²) in [6.07, 6.45) is 8.84. The molecule has 1 aliphatic heterocycles. The molecule has 3 rings (SSSR count). The Morgan fingerprint density at radius 1 is 1.44 bits per heavy atom. The predicted molar refractivity (Wildman–Crippen MR) is 62.9 cm³/mol. The summed E-state index contributed by atoms with van der Waals surface area (Å²) < 4.78 is 0. The van der Waals surface area contributed by atoms with E-state index in [1.807, 2.05) is 0 Å². The van der Waals surface area contributed by atoms with Gasteiger partial charge >= 0.3 is 0 Å². The van der Waals surface area contributed by atoms with Crippen LogP contribution in [0.3, 0.4) is 0 Å². The summed E-state index contributed by atoms with van der Waals surface area (Å²) in [5.41, 5.74) is -0.111. The standard InChI is InChI=1S/C13H22N2O/c1-2-11-14-13(7-8-13)12(16)15(11)9-3-4-10-5-6-10/h10-11,14H,2-9H2,1H3. The van der Waals surface area contributed by atoms with Crippen molar-refractivity contribution in [3.05, 3.63) is 0 Å². The number of rotatable bonds is 5. The Morgan fingerprint density at radius 2 is 2.19 bits per heavy atom. The highest BCUT2D eigenvalue weighted by atomic mass is 16.2. The lowest BCUT2D eigenvalue weighted by molar-refractivity contribution is -0.130. The van der Waals surface area contributed by atoms with Crippen molar-refractivity contribution < 1.29 is 4.79 Å². The number of hydrogen-bond acceptors (Lipinski definition) is 2. The zero-order valence-corrected chi connectivity index (χ0v) is 10.2. The highest BCUT2D eigenvalue weighted by Crippen LogP contribution is 2.42. The Balaban J connectivity index is 1.55. The minimum absolute atomic E-state index is 0.111. The number of hydrogen-bond donors (Lipinski definition) is 1. The van der Waals surface area contributed by atoms with Gasteiger partial charge in [0.2, 0.25) is 5.91 Å². The molecule has 0 bridgehead atoms. The van der Waals surface area contributed by atoms with Gasteiger partial charge in [-0.1, -0.05) is 19.8 Å². The lowest BCUT2D eigenvalue weighted by atomic mass is 10.2. The number of carbonyl (C=O) groups is 1. The minimum Gasteiger partial charge on any atom is -0.326 e. The van der Waals surface area contributed by atoms with E-state index in [1.54, 1.807) is 0 Å². The van der Waals surface area contributed by atoms with E-state index in [4.69, 9.17) is 0 Å². The Kier molecular flexibility index (Phi) is 2.46. The lowest BCUT2D eigenvalue weighted by Crippen LogP contribution is -2.37. The molecule has 3 fully saturated rings. The molecular weight excluding hydrogens is 200 g/mol. The maximum absolute atomic E-state index is 12.2. The second kappa shape index (κ2) is 3.73. The molecule has 0 aromatic carbocycles. The van der Waals surface area contributed by atoms with Crippen molar-refractivity contribution in [2.45, 2.75) is 63.6 Å². The fourth-order valence-corrected chi connectivity index (χ4v) is 2.89. The van der Waals surface area contributed by atoms with Crippen molar-refractivity contribution in [2.24, 2.45) is 5.92 Å². The molecule has 2 saturated carbocycles. The largest absolute Gasteiger partial charge is 0.326 e.